The number of fused-ring (bicyclic) bond motifs is 1. The van der Waals surface area contributed by atoms with Gasteiger partial charge in [-0.05, 0) is 42.7 Å². The monoisotopic (exact) mass is 445 g/mol. The SMILES string of the molecule is CN=C(NCCC(=O)N1CCc2sccc2C1)NC1CCN(C(=O)C2CCCCC2)C1. The molecule has 0 aromatic carbocycles. The van der Waals surface area contributed by atoms with Gasteiger partial charge in [0.2, 0.25) is 11.8 Å². The molecular weight excluding hydrogens is 410 g/mol. The van der Waals surface area contributed by atoms with Crippen LogP contribution in [0.3, 0.4) is 0 Å². The number of guanidine groups is 1. The van der Waals surface area contributed by atoms with Crippen LogP contribution in [0.15, 0.2) is 16.4 Å². The molecule has 31 heavy (non-hydrogen) atoms. The molecule has 1 atom stereocenters. The van der Waals surface area contributed by atoms with E-state index in [1.807, 2.05) is 9.80 Å². The molecule has 0 radical (unpaired) electrons. The number of nitrogens with zero attached hydrogens (tertiary/aromatic N) is 3. The summed E-state index contributed by atoms with van der Waals surface area (Å²) < 4.78 is 0. The summed E-state index contributed by atoms with van der Waals surface area (Å²) in [5.74, 6) is 1.47. The Bertz CT molecular complexity index is 802. The Morgan fingerprint density at radius 3 is 2.81 bits per heavy atom. The maximum atomic E-state index is 12.8. The predicted octanol–water partition coefficient (Wildman–Crippen LogP) is 2.37. The van der Waals surface area contributed by atoms with Crippen LogP contribution in [0.5, 0.6) is 0 Å². The van der Waals surface area contributed by atoms with Gasteiger partial charge in [-0.25, -0.2) is 0 Å². The summed E-state index contributed by atoms with van der Waals surface area (Å²) in [4.78, 5) is 35.1. The molecule has 2 amide bonds. The first-order valence-corrected chi connectivity index (χ1v) is 12.6. The zero-order valence-electron chi connectivity index (χ0n) is 18.6. The minimum atomic E-state index is 0.185. The summed E-state index contributed by atoms with van der Waals surface area (Å²) in [6.07, 6.45) is 8.11. The van der Waals surface area contributed by atoms with E-state index in [0.717, 1.165) is 51.9 Å². The third-order valence-electron chi connectivity index (χ3n) is 6.81. The van der Waals surface area contributed by atoms with Crippen molar-refractivity contribution < 1.29 is 9.59 Å². The first kappa shape index (κ1) is 22.1. The zero-order chi connectivity index (χ0) is 21.6. The standard InChI is InChI=1S/C23H35N5O2S/c1-24-23(25-11-7-21(29)27-13-9-20-18(15-27)10-14-31-20)26-19-8-12-28(16-19)22(30)17-5-3-2-4-6-17/h10,14,17,19H,2-9,11-13,15-16H2,1H3,(H2,24,25,26). The van der Waals surface area contributed by atoms with Crippen LogP contribution < -0.4 is 10.6 Å². The normalized spacial score (nSPS) is 22.4. The minimum Gasteiger partial charge on any atom is -0.356 e. The van der Waals surface area contributed by atoms with Gasteiger partial charge in [0, 0.05) is 63.0 Å². The van der Waals surface area contributed by atoms with Crippen LogP contribution in [0.25, 0.3) is 0 Å². The molecule has 170 valence electrons. The number of likely N-dealkylation sites (tertiary alicyclic amines) is 1. The van der Waals surface area contributed by atoms with Gasteiger partial charge in [0.25, 0.3) is 0 Å². The fraction of sp³-hybridized carbons (Fsp3) is 0.696. The fourth-order valence-corrected chi connectivity index (χ4v) is 5.87. The highest BCUT2D eigenvalue weighted by molar-refractivity contribution is 7.10. The van der Waals surface area contributed by atoms with Crippen molar-refractivity contribution in [3.8, 4) is 0 Å². The molecule has 7 nitrogen and oxygen atoms in total. The molecule has 0 spiro atoms. The minimum absolute atomic E-state index is 0.185. The van der Waals surface area contributed by atoms with Crippen LogP contribution in [-0.2, 0) is 22.6 Å². The van der Waals surface area contributed by atoms with Crippen molar-refractivity contribution >= 4 is 29.1 Å². The second-order valence-electron chi connectivity index (χ2n) is 8.93. The molecule has 3 heterocycles. The Labute approximate surface area is 189 Å². The number of aliphatic imine (C=N–C) groups is 1. The van der Waals surface area contributed by atoms with Crippen molar-refractivity contribution in [1.29, 1.82) is 0 Å². The molecule has 1 saturated heterocycles. The van der Waals surface area contributed by atoms with Gasteiger partial charge in [0.15, 0.2) is 5.96 Å². The van der Waals surface area contributed by atoms with Gasteiger partial charge in [-0.1, -0.05) is 19.3 Å². The number of carbonyl (C=O) groups is 2. The summed E-state index contributed by atoms with van der Waals surface area (Å²) in [5.41, 5.74) is 1.29. The number of carbonyl (C=O) groups excluding carboxylic acids is 2. The second-order valence-corrected chi connectivity index (χ2v) is 9.93. The van der Waals surface area contributed by atoms with E-state index in [-0.39, 0.29) is 17.9 Å². The molecule has 0 bridgehead atoms. The molecule has 2 N–H and O–H groups in total. The summed E-state index contributed by atoms with van der Waals surface area (Å²) in [5, 5.41) is 8.83. The van der Waals surface area contributed by atoms with Crippen LogP contribution in [0.4, 0.5) is 0 Å². The number of thiophene rings is 1. The maximum Gasteiger partial charge on any atom is 0.225 e. The van der Waals surface area contributed by atoms with E-state index in [1.165, 1.54) is 29.7 Å². The molecular formula is C23H35N5O2S. The molecule has 1 saturated carbocycles. The average molecular weight is 446 g/mol. The van der Waals surface area contributed by atoms with Gasteiger partial charge in [-0.3, -0.25) is 14.6 Å². The Hall–Kier alpha value is -2.09. The van der Waals surface area contributed by atoms with Crippen LogP contribution in [0, 0.1) is 5.92 Å². The number of hydrogen-bond acceptors (Lipinski definition) is 4. The van der Waals surface area contributed by atoms with Crippen molar-refractivity contribution in [2.75, 3.05) is 33.2 Å². The molecule has 8 heteroatoms. The lowest BCUT2D eigenvalue weighted by molar-refractivity contribution is -0.135. The molecule has 1 aromatic heterocycles. The van der Waals surface area contributed by atoms with Crippen molar-refractivity contribution in [2.24, 2.45) is 10.9 Å². The second kappa shape index (κ2) is 10.5. The highest BCUT2D eigenvalue weighted by Gasteiger charge is 2.31. The van der Waals surface area contributed by atoms with E-state index in [0.29, 0.717) is 24.8 Å². The molecule has 3 aliphatic rings. The number of amides is 2. The Balaban J connectivity index is 1.17. The van der Waals surface area contributed by atoms with Crippen LogP contribution in [-0.4, -0.2) is 66.8 Å². The van der Waals surface area contributed by atoms with Crippen LogP contribution >= 0.6 is 11.3 Å². The first-order valence-electron chi connectivity index (χ1n) is 11.7. The summed E-state index contributed by atoms with van der Waals surface area (Å²) >= 11 is 1.79. The van der Waals surface area contributed by atoms with E-state index >= 15 is 0 Å². The summed E-state index contributed by atoms with van der Waals surface area (Å²) in [6.45, 7) is 3.67. The van der Waals surface area contributed by atoms with Gasteiger partial charge in [0.1, 0.15) is 0 Å². The van der Waals surface area contributed by atoms with E-state index in [1.54, 1.807) is 18.4 Å². The third kappa shape index (κ3) is 5.59. The van der Waals surface area contributed by atoms with E-state index in [4.69, 9.17) is 0 Å². The predicted molar refractivity (Wildman–Crippen MR) is 124 cm³/mol. The Morgan fingerprint density at radius 1 is 1.16 bits per heavy atom. The average Bonchev–Trinajstić information content (AvgIpc) is 3.47. The van der Waals surface area contributed by atoms with Gasteiger partial charge < -0.3 is 20.4 Å². The van der Waals surface area contributed by atoms with E-state index in [2.05, 4.69) is 27.1 Å². The highest BCUT2D eigenvalue weighted by atomic mass is 32.1. The molecule has 2 fully saturated rings. The Kier molecular flexibility index (Phi) is 7.48. The Morgan fingerprint density at radius 2 is 2.00 bits per heavy atom. The number of nitrogens with one attached hydrogen (secondary N) is 2. The molecule has 1 unspecified atom stereocenters. The van der Waals surface area contributed by atoms with Crippen molar-refractivity contribution in [3.05, 3.63) is 21.9 Å². The molecule has 1 aliphatic carbocycles. The zero-order valence-corrected chi connectivity index (χ0v) is 19.4. The van der Waals surface area contributed by atoms with E-state index < -0.39 is 0 Å². The molecule has 4 rings (SSSR count). The van der Waals surface area contributed by atoms with Crippen molar-refractivity contribution in [1.82, 2.24) is 20.4 Å². The number of rotatable bonds is 5. The lowest BCUT2D eigenvalue weighted by Gasteiger charge is -2.27. The quantitative estimate of drug-likeness (QED) is 0.539. The number of hydrogen-bond donors (Lipinski definition) is 2. The van der Waals surface area contributed by atoms with Gasteiger partial charge in [0.05, 0.1) is 0 Å². The molecule has 1 aromatic rings. The lowest BCUT2D eigenvalue weighted by atomic mass is 9.88. The summed E-state index contributed by atoms with van der Waals surface area (Å²) in [6, 6.07) is 2.35. The molecule has 2 aliphatic heterocycles. The van der Waals surface area contributed by atoms with Crippen molar-refractivity contribution in [3.63, 3.8) is 0 Å². The van der Waals surface area contributed by atoms with Crippen molar-refractivity contribution in [2.45, 2.75) is 64.0 Å². The largest absolute Gasteiger partial charge is 0.356 e. The van der Waals surface area contributed by atoms with Gasteiger partial charge in [-0.15, -0.1) is 11.3 Å². The van der Waals surface area contributed by atoms with Gasteiger partial charge >= 0.3 is 0 Å². The first-order chi connectivity index (χ1) is 15.1. The topological polar surface area (TPSA) is 77.0 Å². The third-order valence-corrected chi connectivity index (χ3v) is 7.83. The maximum absolute atomic E-state index is 12.8. The summed E-state index contributed by atoms with van der Waals surface area (Å²) in [7, 11) is 1.75. The van der Waals surface area contributed by atoms with Gasteiger partial charge in [-0.2, -0.15) is 0 Å². The fourth-order valence-electron chi connectivity index (χ4n) is 4.98. The van der Waals surface area contributed by atoms with Crippen LogP contribution in [0.2, 0.25) is 0 Å². The lowest BCUT2D eigenvalue weighted by Crippen LogP contribution is -2.46. The highest BCUT2D eigenvalue weighted by Crippen LogP contribution is 2.27. The smallest absolute Gasteiger partial charge is 0.225 e. The van der Waals surface area contributed by atoms with E-state index in [9.17, 15) is 9.59 Å². The van der Waals surface area contributed by atoms with Crippen LogP contribution in [0.1, 0.15) is 55.4 Å².